The number of aromatic nitrogens is 3. The van der Waals surface area contributed by atoms with Gasteiger partial charge < -0.3 is 5.11 Å². The van der Waals surface area contributed by atoms with Crippen LogP contribution in [0.4, 0.5) is 0 Å². The molecule has 0 aliphatic heterocycles. The van der Waals surface area contributed by atoms with Gasteiger partial charge in [-0.2, -0.15) is 0 Å². The summed E-state index contributed by atoms with van der Waals surface area (Å²) in [5.74, 6) is 1.54. The standard InChI is InChI=1S/C15H21N3O/c1-2-3-4-8-11-14-16-17-15(12-19)18(14)13-9-6-5-7-10-13/h5-7,9-10,19H,2-4,8,11-12H2,1H3. The van der Waals surface area contributed by atoms with E-state index in [2.05, 4.69) is 17.1 Å². The number of hydrogen-bond donors (Lipinski definition) is 1. The number of rotatable bonds is 7. The van der Waals surface area contributed by atoms with E-state index in [0.717, 1.165) is 24.4 Å². The van der Waals surface area contributed by atoms with Crippen LogP contribution in [0.3, 0.4) is 0 Å². The summed E-state index contributed by atoms with van der Waals surface area (Å²) in [5.41, 5.74) is 1.02. The molecule has 0 saturated carbocycles. The van der Waals surface area contributed by atoms with Gasteiger partial charge in [0, 0.05) is 12.1 Å². The van der Waals surface area contributed by atoms with E-state index in [4.69, 9.17) is 0 Å². The highest BCUT2D eigenvalue weighted by Gasteiger charge is 2.12. The van der Waals surface area contributed by atoms with Gasteiger partial charge in [0.1, 0.15) is 12.4 Å². The van der Waals surface area contributed by atoms with Crippen molar-refractivity contribution in [3.63, 3.8) is 0 Å². The van der Waals surface area contributed by atoms with Crippen LogP contribution in [0, 0.1) is 0 Å². The minimum Gasteiger partial charge on any atom is -0.388 e. The van der Waals surface area contributed by atoms with Crippen molar-refractivity contribution < 1.29 is 5.11 Å². The molecule has 0 aliphatic carbocycles. The first-order chi connectivity index (χ1) is 9.36. The molecule has 0 saturated heterocycles. The lowest BCUT2D eigenvalue weighted by atomic mass is 10.1. The average molecular weight is 259 g/mol. The molecule has 0 unspecified atom stereocenters. The Morgan fingerprint density at radius 2 is 1.74 bits per heavy atom. The maximum atomic E-state index is 9.38. The van der Waals surface area contributed by atoms with Crippen molar-refractivity contribution >= 4 is 0 Å². The van der Waals surface area contributed by atoms with Crippen LogP contribution in [0.1, 0.15) is 44.3 Å². The summed E-state index contributed by atoms with van der Waals surface area (Å²) in [6.07, 6.45) is 5.72. The van der Waals surface area contributed by atoms with Crippen molar-refractivity contribution in [2.75, 3.05) is 0 Å². The zero-order valence-electron chi connectivity index (χ0n) is 11.4. The summed E-state index contributed by atoms with van der Waals surface area (Å²) < 4.78 is 1.96. The van der Waals surface area contributed by atoms with Crippen LogP contribution >= 0.6 is 0 Å². The van der Waals surface area contributed by atoms with Gasteiger partial charge in [0.25, 0.3) is 0 Å². The molecule has 4 nitrogen and oxygen atoms in total. The van der Waals surface area contributed by atoms with E-state index in [1.54, 1.807) is 0 Å². The quantitative estimate of drug-likeness (QED) is 0.778. The second-order valence-corrected chi connectivity index (χ2v) is 4.67. The minimum atomic E-state index is -0.0865. The third-order valence-electron chi connectivity index (χ3n) is 3.21. The Labute approximate surface area is 114 Å². The molecule has 19 heavy (non-hydrogen) atoms. The number of unbranched alkanes of at least 4 members (excludes halogenated alkanes) is 3. The Bertz CT molecular complexity index is 493. The number of hydrogen-bond acceptors (Lipinski definition) is 3. The third kappa shape index (κ3) is 3.41. The van der Waals surface area contributed by atoms with Gasteiger partial charge in [0.05, 0.1) is 0 Å². The molecule has 1 aromatic heterocycles. The molecule has 1 N–H and O–H groups in total. The van der Waals surface area contributed by atoms with Crippen LogP contribution in [0.25, 0.3) is 5.69 Å². The minimum absolute atomic E-state index is 0.0865. The molecule has 0 atom stereocenters. The van der Waals surface area contributed by atoms with Crippen LogP contribution in [-0.2, 0) is 13.0 Å². The molecule has 1 heterocycles. The lowest BCUT2D eigenvalue weighted by molar-refractivity contribution is 0.268. The topological polar surface area (TPSA) is 50.9 Å². The van der Waals surface area contributed by atoms with E-state index in [0.29, 0.717) is 5.82 Å². The summed E-state index contributed by atoms with van der Waals surface area (Å²) in [5, 5.41) is 17.7. The van der Waals surface area contributed by atoms with Crippen molar-refractivity contribution in [3.05, 3.63) is 42.0 Å². The Morgan fingerprint density at radius 1 is 1.00 bits per heavy atom. The largest absolute Gasteiger partial charge is 0.388 e. The van der Waals surface area contributed by atoms with Gasteiger partial charge in [-0.15, -0.1) is 10.2 Å². The number of nitrogens with zero attached hydrogens (tertiary/aromatic N) is 3. The maximum absolute atomic E-state index is 9.38. The SMILES string of the molecule is CCCCCCc1nnc(CO)n1-c1ccccc1. The average Bonchev–Trinajstić information content (AvgIpc) is 2.87. The molecular weight excluding hydrogens is 238 g/mol. The lowest BCUT2D eigenvalue weighted by Gasteiger charge is -2.09. The molecule has 0 aliphatic rings. The first-order valence-electron chi connectivity index (χ1n) is 6.96. The predicted molar refractivity (Wildman–Crippen MR) is 75.1 cm³/mol. The fourth-order valence-corrected chi connectivity index (χ4v) is 2.20. The first kappa shape index (κ1) is 13.7. The van der Waals surface area contributed by atoms with Crippen molar-refractivity contribution in [2.24, 2.45) is 0 Å². The van der Waals surface area contributed by atoms with Crippen molar-refractivity contribution in [2.45, 2.75) is 45.6 Å². The fourth-order valence-electron chi connectivity index (χ4n) is 2.20. The Kier molecular flexibility index (Phi) is 5.10. The van der Waals surface area contributed by atoms with E-state index < -0.39 is 0 Å². The molecule has 2 aromatic rings. The number of aliphatic hydroxyl groups is 1. The molecular formula is C15H21N3O. The number of benzene rings is 1. The highest BCUT2D eigenvalue weighted by Crippen LogP contribution is 2.15. The summed E-state index contributed by atoms with van der Waals surface area (Å²) in [4.78, 5) is 0. The molecule has 2 rings (SSSR count). The second-order valence-electron chi connectivity index (χ2n) is 4.67. The summed E-state index contributed by atoms with van der Waals surface area (Å²) in [6, 6.07) is 9.97. The third-order valence-corrected chi connectivity index (χ3v) is 3.21. The maximum Gasteiger partial charge on any atom is 0.163 e. The number of aliphatic hydroxyl groups excluding tert-OH is 1. The van der Waals surface area contributed by atoms with Crippen molar-refractivity contribution in [3.8, 4) is 5.69 Å². The molecule has 102 valence electrons. The van der Waals surface area contributed by atoms with Gasteiger partial charge in [-0.1, -0.05) is 44.4 Å². The normalized spacial score (nSPS) is 10.8. The highest BCUT2D eigenvalue weighted by atomic mass is 16.3. The number of para-hydroxylation sites is 1. The van der Waals surface area contributed by atoms with E-state index >= 15 is 0 Å². The molecule has 0 radical (unpaired) electrons. The van der Waals surface area contributed by atoms with Crippen molar-refractivity contribution in [1.29, 1.82) is 0 Å². The van der Waals surface area contributed by atoms with Gasteiger partial charge in [-0.25, -0.2) is 0 Å². The summed E-state index contributed by atoms with van der Waals surface area (Å²) in [7, 11) is 0. The molecule has 0 bridgehead atoms. The van der Waals surface area contributed by atoms with Gasteiger partial charge in [-0.3, -0.25) is 4.57 Å². The van der Waals surface area contributed by atoms with Crippen LogP contribution in [0.5, 0.6) is 0 Å². The van der Waals surface area contributed by atoms with Gasteiger partial charge in [-0.05, 0) is 18.6 Å². The number of aryl methyl sites for hydroxylation is 1. The van der Waals surface area contributed by atoms with Crippen LogP contribution < -0.4 is 0 Å². The zero-order chi connectivity index (χ0) is 13.5. The Balaban J connectivity index is 2.18. The highest BCUT2D eigenvalue weighted by molar-refractivity contribution is 5.33. The van der Waals surface area contributed by atoms with E-state index in [-0.39, 0.29) is 6.61 Å². The smallest absolute Gasteiger partial charge is 0.163 e. The van der Waals surface area contributed by atoms with Crippen LogP contribution in [0.15, 0.2) is 30.3 Å². The molecule has 1 aromatic carbocycles. The molecule has 0 amide bonds. The zero-order valence-corrected chi connectivity index (χ0v) is 11.4. The monoisotopic (exact) mass is 259 g/mol. The van der Waals surface area contributed by atoms with Gasteiger partial charge in [0.15, 0.2) is 5.82 Å². The lowest BCUT2D eigenvalue weighted by Crippen LogP contribution is -2.05. The summed E-state index contributed by atoms with van der Waals surface area (Å²) >= 11 is 0. The second kappa shape index (κ2) is 7.04. The summed E-state index contributed by atoms with van der Waals surface area (Å²) in [6.45, 7) is 2.12. The van der Waals surface area contributed by atoms with E-state index in [1.807, 2.05) is 34.9 Å². The molecule has 0 spiro atoms. The van der Waals surface area contributed by atoms with Crippen LogP contribution in [0.2, 0.25) is 0 Å². The van der Waals surface area contributed by atoms with Crippen LogP contribution in [-0.4, -0.2) is 19.9 Å². The van der Waals surface area contributed by atoms with E-state index in [9.17, 15) is 5.11 Å². The molecule has 4 heteroatoms. The molecule has 0 fully saturated rings. The van der Waals surface area contributed by atoms with E-state index in [1.165, 1.54) is 19.3 Å². The van der Waals surface area contributed by atoms with Gasteiger partial charge >= 0.3 is 0 Å². The Hall–Kier alpha value is -1.68. The fraction of sp³-hybridized carbons (Fsp3) is 0.467. The first-order valence-corrected chi connectivity index (χ1v) is 6.96. The Morgan fingerprint density at radius 3 is 2.42 bits per heavy atom. The van der Waals surface area contributed by atoms with Gasteiger partial charge in [0.2, 0.25) is 0 Å². The predicted octanol–water partition coefficient (Wildman–Crippen LogP) is 2.88. The van der Waals surface area contributed by atoms with Crippen molar-refractivity contribution in [1.82, 2.24) is 14.8 Å².